The van der Waals surface area contributed by atoms with Gasteiger partial charge in [0.15, 0.2) is 0 Å². The number of hydrogen-bond donors (Lipinski definition) is 2. The summed E-state index contributed by atoms with van der Waals surface area (Å²) in [6.45, 7) is 0.635. The third-order valence-corrected chi connectivity index (χ3v) is 4.59. The molecule has 0 radical (unpaired) electrons. The summed E-state index contributed by atoms with van der Waals surface area (Å²) in [5.74, 6) is 0.709. The quantitative estimate of drug-likeness (QED) is 0.874. The Morgan fingerprint density at radius 2 is 2.10 bits per heavy atom. The van der Waals surface area contributed by atoms with Crippen LogP contribution in [0.15, 0.2) is 18.2 Å². The monoisotopic (exact) mass is 280 g/mol. The van der Waals surface area contributed by atoms with Crippen LogP contribution in [0.5, 0.6) is 0 Å². The van der Waals surface area contributed by atoms with Crippen molar-refractivity contribution < 1.29 is 13.6 Å². The average Bonchev–Trinajstić information content (AvgIpc) is 3.02. The van der Waals surface area contributed by atoms with Gasteiger partial charge >= 0.3 is 6.03 Å². The van der Waals surface area contributed by atoms with Gasteiger partial charge in [0.25, 0.3) is 0 Å². The Hall–Kier alpha value is -1.65. The first kappa shape index (κ1) is 13.3. The molecule has 0 aliphatic heterocycles. The number of fused-ring (bicyclic) bond motifs is 2. The molecule has 3 nitrogen and oxygen atoms in total. The molecule has 0 saturated heterocycles. The number of halogens is 2. The van der Waals surface area contributed by atoms with Gasteiger partial charge in [0.1, 0.15) is 11.6 Å². The highest BCUT2D eigenvalue weighted by atomic mass is 19.1. The lowest BCUT2D eigenvalue weighted by molar-refractivity contribution is 0.245. The van der Waals surface area contributed by atoms with Gasteiger partial charge in [-0.2, -0.15) is 0 Å². The molecule has 0 unspecified atom stereocenters. The molecule has 0 aromatic heterocycles. The molecule has 1 aromatic carbocycles. The maximum absolute atomic E-state index is 13.4. The van der Waals surface area contributed by atoms with E-state index in [9.17, 15) is 13.6 Å². The van der Waals surface area contributed by atoms with Gasteiger partial charge in [-0.3, -0.25) is 0 Å². The van der Waals surface area contributed by atoms with Gasteiger partial charge in [-0.1, -0.05) is 6.42 Å². The van der Waals surface area contributed by atoms with E-state index in [-0.39, 0.29) is 5.69 Å². The molecule has 20 heavy (non-hydrogen) atoms. The Bertz CT molecular complexity index is 521. The maximum atomic E-state index is 13.4. The second kappa shape index (κ2) is 5.38. The van der Waals surface area contributed by atoms with Crippen molar-refractivity contribution >= 4 is 11.7 Å². The van der Waals surface area contributed by atoms with Crippen LogP contribution in [-0.2, 0) is 0 Å². The number of benzene rings is 1. The number of nitrogens with one attached hydrogen (secondary N) is 2. The fourth-order valence-corrected chi connectivity index (χ4v) is 3.61. The van der Waals surface area contributed by atoms with E-state index in [0.29, 0.717) is 12.5 Å². The van der Waals surface area contributed by atoms with E-state index in [0.717, 1.165) is 24.0 Å². The van der Waals surface area contributed by atoms with Crippen LogP contribution in [0.4, 0.5) is 19.3 Å². The maximum Gasteiger partial charge on any atom is 0.319 e. The predicted molar refractivity (Wildman–Crippen MR) is 72.3 cm³/mol. The van der Waals surface area contributed by atoms with Gasteiger partial charge < -0.3 is 10.6 Å². The van der Waals surface area contributed by atoms with Gasteiger partial charge in [-0.05, 0) is 49.1 Å². The summed E-state index contributed by atoms with van der Waals surface area (Å²) in [5, 5.41) is 5.20. The Morgan fingerprint density at radius 3 is 2.75 bits per heavy atom. The third-order valence-electron chi connectivity index (χ3n) is 4.59. The van der Waals surface area contributed by atoms with E-state index in [4.69, 9.17) is 0 Å². The van der Waals surface area contributed by atoms with Gasteiger partial charge in [0, 0.05) is 12.6 Å². The molecule has 5 heteroatoms. The highest BCUT2D eigenvalue weighted by Crippen LogP contribution is 2.47. The molecule has 1 aromatic rings. The highest BCUT2D eigenvalue weighted by Gasteiger charge is 2.39. The first-order chi connectivity index (χ1) is 9.61. The van der Waals surface area contributed by atoms with Crippen LogP contribution in [0.2, 0.25) is 0 Å². The van der Waals surface area contributed by atoms with Crippen LogP contribution in [0.25, 0.3) is 0 Å². The zero-order valence-electron chi connectivity index (χ0n) is 11.2. The molecule has 2 fully saturated rings. The van der Waals surface area contributed by atoms with E-state index in [1.807, 2.05) is 0 Å². The molecule has 2 bridgehead atoms. The summed E-state index contributed by atoms with van der Waals surface area (Å²) in [5.41, 5.74) is -0.00292. The van der Waals surface area contributed by atoms with E-state index < -0.39 is 17.7 Å². The third kappa shape index (κ3) is 2.76. The Labute approximate surface area is 116 Å². The Kier molecular flexibility index (Phi) is 3.59. The van der Waals surface area contributed by atoms with Crippen LogP contribution in [0.3, 0.4) is 0 Å². The molecule has 0 heterocycles. The van der Waals surface area contributed by atoms with Gasteiger partial charge in [0.05, 0.1) is 5.69 Å². The molecule has 3 rings (SSSR count). The fraction of sp³-hybridized carbons (Fsp3) is 0.533. The minimum atomic E-state index is -0.764. The van der Waals surface area contributed by atoms with E-state index in [1.54, 1.807) is 0 Å². The number of carbonyl (C=O) groups is 1. The first-order valence-corrected chi connectivity index (χ1v) is 7.11. The van der Waals surface area contributed by atoms with Crippen molar-refractivity contribution in [1.29, 1.82) is 0 Å². The second-order valence-corrected chi connectivity index (χ2v) is 5.89. The highest BCUT2D eigenvalue weighted by molar-refractivity contribution is 5.89. The average molecular weight is 280 g/mol. The lowest BCUT2D eigenvalue weighted by atomic mass is 9.89. The van der Waals surface area contributed by atoms with Crippen molar-refractivity contribution in [3.8, 4) is 0 Å². The molecule has 0 spiro atoms. The van der Waals surface area contributed by atoms with Gasteiger partial charge in [-0.25, -0.2) is 13.6 Å². The van der Waals surface area contributed by atoms with E-state index >= 15 is 0 Å². The SMILES string of the molecule is O=C(NC[C@@H]1C[C@@H]2CC[C@@H]1C2)Nc1ccc(F)cc1F. The normalized spacial score (nSPS) is 27.6. The summed E-state index contributed by atoms with van der Waals surface area (Å²) < 4.78 is 26.1. The largest absolute Gasteiger partial charge is 0.338 e. The number of rotatable bonds is 3. The number of anilines is 1. The molecular weight excluding hydrogens is 262 g/mol. The van der Waals surface area contributed by atoms with Crippen LogP contribution in [0.1, 0.15) is 25.7 Å². The van der Waals surface area contributed by atoms with Crippen molar-refractivity contribution in [2.24, 2.45) is 17.8 Å². The topological polar surface area (TPSA) is 41.1 Å². The lowest BCUT2D eigenvalue weighted by Crippen LogP contribution is -2.34. The molecule has 2 aliphatic carbocycles. The van der Waals surface area contributed by atoms with Crippen molar-refractivity contribution in [1.82, 2.24) is 5.32 Å². The number of hydrogen-bond acceptors (Lipinski definition) is 1. The smallest absolute Gasteiger partial charge is 0.319 e. The molecule has 108 valence electrons. The number of amides is 2. The lowest BCUT2D eigenvalue weighted by Gasteiger charge is -2.21. The standard InChI is InChI=1S/C15H18F2N2O/c16-12-3-4-14(13(17)7-12)19-15(20)18-8-11-6-9-1-2-10(11)5-9/h3-4,7,9-11H,1-2,5-6,8H2,(H2,18,19,20)/t9-,10-,11+/m1/s1. The second-order valence-electron chi connectivity index (χ2n) is 5.89. The van der Waals surface area contributed by atoms with Crippen molar-refractivity contribution in [3.63, 3.8) is 0 Å². The van der Waals surface area contributed by atoms with Crippen LogP contribution >= 0.6 is 0 Å². The first-order valence-electron chi connectivity index (χ1n) is 7.11. The molecular formula is C15H18F2N2O. The summed E-state index contributed by atoms with van der Waals surface area (Å²) in [6, 6.07) is 2.67. The van der Waals surface area contributed by atoms with Crippen LogP contribution < -0.4 is 10.6 Å². The predicted octanol–water partition coefficient (Wildman–Crippen LogP) is 3.52. The van der Waals surface area contributed by atoms with Crippen molar-refractivity contribution in [2.45, 2.75) is 25.7 Å². The molecule has 2 saturated carbocycles. The molecule has 2 amide bonds. The zero-order valence-corrected chi connectivity index (χ0v) is 11.2. The summed E-state index contributed by atoms with van der Waals surface area (Å²) in [7, 11) is 0. The van der Waals surface area contributed by atoms with Crippen molar-refractivity contribution in [2.75, 3.05) is 11.9 Å². The number of carbonyl (C=O) groups excluding carboxylic acids is 1. The van der Waals surface area contributed by atoms with Gasteiger partial charge in [-0.15, -0.1) is 0 Å². The van der Waals surface area contributed by atoms with E-state index in [1.165, 1.54) is 31.7 Å². The Morgan fingerprint density at radius 1 is 1.25 bits per heavy atom. The fourth-order valence-electron chi connectivity index (χ4n) is 3.61. The molecule has 2 aliphatic rings. The molecule has 3 atom stereocenters. The van der Waals surface area contributed by atoms with Gasteiger partial charge in [0.2, 0.25) is 0 Å². The van der Waals surface area contributed by atoms with Crippen LogP contribution in [0, 0.1) is 29.4 Å². The van der Waals surface area contributed by atoms with E-state index in [2.05, 4.69) is 10.6 Å². The number of urea groups is 1. The summed E-state index contributed by atoms with van der Waals surface area (Å²) in [4.78, 5) is 11.7. The summed E-state index contributed by atoms with van der Waals surface area (Å²) in [6.07, 6.45) is 5.08. The minimum absolute atomic E-state index is 0.00292. The van der Waals surface area contributed by atoms with Crippen molar-refractivity contribution in [3.05, 3.63) is 29.8 Å². The Balaban J connectivity index is 1.50. The molecule has 2 N–H and O–H groups in total. The minimum Gasteiger partial charge on any atom is -0.338 e. The zero-order chi connectivity index (χ0) is 14.1. The summed E-state index contributed by atoms with van der Waals surface area (Å²) >= 11 is 0. The van der Waals surface area contributed by atoms with Crippen LogP contribution in [-0.4, -0.2) is 12.6 Å².